The first kappa shape index (κ1) is 17.9. The number of aryl methyl sites for hydroxylation is 1. The summed E-state index contributed by atoms with van der Waals surface area (Å²) < 4.78 is 1.84. The Kier molecular flexibility index (Phi) is 4.15. The predicted octanol–water partition coefficient (Wildman–Crippen LogP) is 2.33. The van der Waals surface area contributed by atoms with Crippen LogP contribution in [0.3, 0.4) is 0 Å². The number of carbonyl (C=O) groups excluding carboxylic acids is 3. The lowest BCUT2D eigenvalue weighted by Crippen LogP contribution is -2.43. The van der Waals surface area contributed by atoms with Crippen molar-refractivity contribution in [2.45, 2.75) is 50.1 Å². The predicted molar refractivity (Wildman–Crippen MR) is 105 cm³/mol. The molecule has 2 aromatic rings. The van der Waals surface area contributed by atoms with Crippen molar-refractivity contribution in [1.29, 1.82) is 0 Å². The van der Waals surface area contributed by atoms with E-state index in [-0.39, 0.29) is 18.5 Å². The van der Waals surface area contributed by atoms with E-state index in [2.05, 4.69) is 15.7 Å². The summed E-state index contributed by atoms with van der Waals surface area (Å²) in [6, 6.07) is 9.16. The van der Waals surface area contributed by atoms with Gasteiger partial charge in [0.1, 0.15) is 17.9 Å². The van der Waals surface area contributed by atoms with Crippen molar-refractivity contribution >= 4 is 23.7 Å². The van der Waals surface area contributed by atoms with Crippen LogP contribution in [0.4, 0.5) is 10.6 Å². The quantitative estimate of drug-likeness (QED) is 0.779. The lowest BCUT2D eigenvalue weighted by atomic mass is 9.92. The number of benzene rings is 1. The molecule has 1 atom stereocenters. The van der Waals surface area contributed by atoms with Crippen LogP contribution in [0.1, 0.15) is 49.3 Å². The number of carbonyl (C=O) groups is 3. The van der Waals surface area contributed by atoms with Crippen LogP contribution in [0.2, 0.25) is 0 Å². The van der Waals surface area contributed by atoms with Crippen molar-refractivity contribution in [2.24, 2.45) is 0 Å². The number of hydrogen-bond acceptors (Lipinski definition) is 4. The normalized spacial score (nSPS) is 23.7. The SMILES string of the molecule is O=C(CN1C(=O)N[C@]2(CCc3ccccc32)C1=O)Nc1ccnn1C1CCCC1. The van der Waals surface area contributed by atoms with Crippen molar-refractivity contribution < 1.29 is 14.4 Å². The van der Waals surface area contributed by atoms with Gasteiger partial charge in [-0.25, -0.2) is 9.48 Å². The topological polar surface area (TPSA) is 96.3 Å². The smallest absolute Gasteiger partial charge is 0.319 e. The number of anilines is 1. The van der Waals surface area contributed by atoms with E-state index in [1.54, 1.807) is 12.3 Å². The highest BCUT2D eigenvalue weighted by Gasteiger charge is 2.55. The molecule has 0 radical (unpaired) electrons. The number of amides is 4. The van der Waals surface area contributed by atoms with Gasteiger partial charge in [0.15, 0.2) is 0 Å². The van der Waals surface area contributed by atoms with Gasteiger partial charge < -0.3 is 10.6 Å². The molecule has 2 fully saturated rings. The zero-order valence-electron chi connectivity index (χ0n) is 16.1. The van der Waals surface area contributed by atoms with Crippen LogP contribution in [0.25, 0.3) is 0 Å². The second kappa shape index (κ2) is 6.72. The van der Waals surface area contributed by atoms with Gasteiger partial charge in [-0.15, -0.1) is 0 Å². The molecule has 150 valence electrons. The monoisotopic (exact) mass is 393 g/mol. The summed E-state index contributed by atoms with van der Waals surface area (Å²) in [6.45, 7) is -0.315. The third kappa shape index (κ3) is 2.82. The Balaban J connectivity index is 1.32. The second-order valence-corrected chi connectivity index (χ2v) is 8.03. The van der Waals surface area contributed by atoms with Gasteiger partial charge in [-0.3, -0.25) is 14.5 Å². The van der Waals surface area contributed by atoms with Crippen molar-refractivity contribution in [1.82, 2.24) is 20.0 Å². The lowest BCUT2D eigenvalue weighted by Gasteiger charge is -2.22. The van der Waals surface area contributed by atoms with E-state index in [0.717, 1.165) is 48.1 Å². The summed E-state index contributed by atoms with van der Waals surface area (Å²) in [5.41, 5.74) is 0.855. The first-order chi connectivity index (χ1) is 14.1. The maximum absolute atomic E-state index is 13.2. The largest absolute Gasteiger partial charge is 0.325 e. The Morgan fingerprint density at radius 3 is 2.83 bits per heavy atom. The minimum atomic E-state index is -1.04. The lowest BCUT2D eigenvalue weighted by molar-refractivity contribution is -0.134. The van der Waals surface area contributed by atoms with Crippen LogP contribution >= 0.6 is 0 Å². The third-order valence-corrected chi connectivity index (χ3v) is 6.33. The Morgan fingerprint density at radius 2 is 2.00 bits per heavy atom. The van der Waals surface area contributed by atoms with Gasteiger partial charge in [0.05, 0.1) is 12.2 Å². The van der Waals surface area contributed by atoms with Crippen LogP contribution in [0.5, 0.6) is 0 Å². The fourth-order valence-electron chi connectivity index (χ4n) is 4.91. The van der Waals surface area contributed by atoms with Crippen molar-refractivity contribution in [3.05, 3.63) is 47.7 Å². The molecule has 8 nitrogen and oxygen atoms in total. The Morgan fingerprint density at radius 1 is 1.21 bits per heavy atom. The highest BCUT2D eigenvalue weighted by atomic mass is 16.2. The molecule has 2 N–H and O–H groups in total. The van der Waals surface area contributed by atoms with Crippen molar-refractivity contribution in [3.63, 3.8) is 0 Å². The highest BCUT2D eigenvalue weighted by molar-refractivity contribution is 6.10. The van der Waals surface area contributed by atoms with Gasteiger partial charge in [-0.2, -0.15) is 5.10 Å². The molecule has 4 amide bonds. The minimum Gasteiger partial charge on any atom is -0.319 e. The van der Waals surface area contributed by atoms with Crippen LogP contribution in [0, 0.1) is 0 Å². The summed E-state index contributed by atoms with van der Waals surface area (Å²) in [4.78, 5) is 39.4. The van der Waals surface area contributed by atoms with E-state index in [1.165, 1.54) is 0 Å². The average Bonchev–Trinajstić information content (AvgIpc) is 3.48. The zero-order valence-corrected chi connectivity index (χ0v) is 16.1. The van der Waals surface area contributed by atoms with E-state index in [9.17, 15) is 14.4 Å². The molecule has 5 rings (SSSR count). The third-order valence-electron chi connectivity index (χ3n) is 6.33. The molecule has 1 aromatic heterocycles. The number of fused-ring (bicyclic) bond motifs is 2. The van der Waals surface area contributed by atoms with Gasteiger partial charge in [-0.05, 0) is 36.8 Å². The second-order valence-electron chi connectivity index (χ2n) is 8.03. The van der Waals surface area contributed by atoms with Crippen LogP contribution < -0.4 is 10.6 Å². The summed E-state index contributed by atoms with van der Waals surface area (Å²) >= 11 is 0. The fraction of sp³-hybridized carbons (Fsp3) is 0.429. The summed E-state index contributed by atoms with van der Waals surface area (Å²) in [5.74, 6) is -0.154. The number of urea groups is 1. The van der Waals surface area contributed by atoms with E-state index < -0.39 is 17.5 Å². The van der Waals surface area contributed by atoms with Crippen molar-refractivity contribution in [2.75, 3.05) is 11.9 Å². The first-order valence-electron chi connectivity index (χ1n) is 10.1. The molecule has 8 heteroatoms. The van der Waals surface area contributed by atoms with E-state index in [1.807, 2.05) is 28.9 Å². The Bertz CT molecular complexity index is 994. The van der Waals surface area contributed by atoms with E-state index >= 15 is 0 Å². The maximum Gasteiger partial charge on any atom is 0.325 e. The van der Waals surface area contributed by atoms with Gasteiger partial charge in [0.2, 0.25) is 5.91 Å². The molecule has 3 aliphatic rings. The molecule has 0 bridgehead atoms. The summed E-state index contributed by atoms with van der Waals surface area (Å²) in [5, 5.41) is 10.0. The zero-order chi connectivity index (χ0) is 20.0. The molecule has 2 heterocycles. The summed E-state index contributed by atoms with van der Waals surface area (Å²) in [6.07, 6.45) is 7.30. The van der Waals surface area contributed by atoms with Crippen LogP contribution in [-0.2, 0) is 21.5 Å². The number of hydrogen-bond donors (Lipinski definition) is 2. The Labute approximate surface area is 168 Å². The molecule has 29 heavy (non-hydrogen) atoms. The number of imide groups is 1. The molecule has 1 aliphatic heterocycles. The fourth-order valence-corrected chi connectivity index (χ4v) is 4.91. The molecule has 1 saturated carbocycles. The van der Waals surface area contributed by atoms with Crippen LogP contribution in [-0.4, -0.2) is 39.1 Å². The molecule has 0 unspecified atom stereocenters. The maximum atomic E-state index is 13.2. The van der Waals surface area contributed by atoms with Gasteiger partial charge >= 0.3 is 6.03 Å². The van der Waals surface area contributed by atoms with E-state index in [0.29, 0.717) is 12.2 Å². The summed E-state index contributed by atoms with van der Waals surface area (Å²) in [7, 11) is 0. The standard InChI is InChI=1S/C21H23N5O3/c27-18(23-17-10-12-22-26(17)15-6-2-3-7-15)13-25-19(28)21(24-20(25)29)11-9-14-5-1-4-8-16(14)21/h1,4-5,8,10,12,15H,2-3,6-7,9,11,13H2,(H,23,27)(H,24,29)/t21-/m0/s1. The van der Waals surface area contributed by atoms with Gasteiger partial charge in [0, 0.05) is 6.07 Å². The molecular formula is C21H23N5O3. The Hall–Kier alpha value is -3.16. The minimum absolute atomic E-state index is 0.287. The molecule has 1 saturated heterocycles. The molecule has 1 spiro atoms. The molecular weight excluding hydrogens is 370 g/mol. The average molecular weight is 393 g/mol. The van der Waals surface area contributed by atoms with E-state index in [4.69, 9.17) is 0 Å². The van der Waals surface area contributed by atoms with Gasteiger partial charge in [-0.1, -0.05) is 37.1 Å². The van der Waals surface area contributed by atoms with Crippen molar-refractivity contribution in [3.8, 4) is 0 Å². The number of nitrogens with one attached hydrogen (secondary N) is 2. The molecule has 2 aliphatic carbocycles. The number of rotatable bonds is 4. The first-order valence-corrected chi connectivity index (χ1v) is 10.1. The molecule has 1 aromatic carbocycles. The number of nitrogens with zero attached hydrogens (tertiary/aromatic N) is 3. The highest BCUT2D eigenvalue weighted by Crippen LogP contribution is 2.41. The van der Waals surface area contributed by atoms with Gasteiger partial charge in [0.25, 0.3) is 5.91 Å². The number of aromatic nitrogens is 2. The van der Waals surface area contributed by atoms with Crippen LogP contribution in [0.15, 0.2) is 36.5 Å².